The van der Waals surface area contributed by atoms with Crippen LogP contribution in [0.25, 0.3) is 22.4 Å². The summed E-state index contributed by atoms with van der Waals surface area (Å²) in [5.41, 5.74) is 5.04. The molecule has 0 spiro atoms. The summed E-state index contributed by atoms with van der Waals surface area (Å²) in [7, 11) is 4.02. The number of aromatic nitrogens is 3. The Morgan fingerprint density at radius 1 is 1.00 bits per heavy atom. The Hall–Kier alpha value is -3.67. The maximum Gasteiger partial charge on any atom is 0.255 e. The van der Waals surface area contributed by atoms with E-state index in [1.807, 2.05) is 32.3 Å². The number of fused-ring (bicyclic) bond motifs is 1. The number of amides is 1. The summed E-state index contributed by atoms with van der Waals surface area (Å²) in [6, 6.07) is 17.1. The Morgan fingerprint density at radius 3 is 2.44 bits per heavy atom. The first kappa shape index (κ1) is 16.8. The average Bonchev–Trinajstić information content (AvgIpc) is 3.12. The lowest BCUT2D eigenvalue weighted by molar-refractivity contribution is 0.102. The van der Waals surface area contributed by atoms with Gasteiger partial charge in [0, 0.05) is 49.0 Å². The molecule has 0 saturated heterocycles. The van der Waals surface area contributed by atoms with Gasteiger partial charge in [-0.2, -0.15) is 0 Å². The number of hydrogen-bond acceptors (Lipinski definition) is 4. The van der Waals surface area contributed by atoms with Crippen LogP contribution in [-0.2, 0) is 0 Å². The van der Waals surface area contributed by atoms with E-state index < -0.39 is 0 Å². The number of pyridine rings is 1. The number of imidazole rings is 1. The van der Waals surface area contributed by atoms with Crippen molar-refractivity contribution < 1.29 is 4.79 Å². The zero-order valence-corrected chi connectivity index (χ0v) is 15.1. The number of hydrogen-bond donors (Lipinski definition) is 2. The number of benzene rings is 2. The third-order valence-corrected chi connectivity index (χ3v) is 4.34. The van der Waals surface area contributed by atoms with Crippen molar-refractivity contribution in [3.8, 4) is 11.4 Å². The quantitative estimate of drug-likeness (QED) is 0.580. The SMILES string of the molecule is CN(C)c1ccc(-c2nc3cc(C(=O)Nc4ccncc4)ccc3[nH]2)cc1. The number of carbonyl (C=O) groups is 1. The van der Waals surface area contributed by atoms with Gasteiger partial charge in [-0.1, -0.05) is 0 Å². The van der Waals surface area contributed by atoms with Crippen molar-refractivity contribution in [3.05, 3.63) is 72.6 Å². The van der Waals surface area contributed by atoms with Gasteiger partial charge in [0.1, 0.15) is 5.82 Å². The number of anilines is 2. The molecule has 4 aromatic rings. The van der Waals surface area contributed by atoms with Crippen LogP contribution in [0.4, 0.5) is 11.4 Å². The molecular formula is C21H19N5O. The van der Waals surface area contributed by atoms with Crippen molar-refractivity contribution in [2.75, 3.05) is 24.3 Å². The van der Waals surface area contributed by atoms with E-state index in [-0.39, 0.29) is 5.91 Å². The third-order valence-electron chi connectivity index (χ3n) is 4.34. The maximum absolute atomic E-state index is 12.5. The zero-order valence-electron chi connectivity index (χ0n) is 15.1. The first-order valence-electron chi connectivity index (χ1n) is 8.59. The highest BCUT2D eigenvalue weighted by molar-refractivity contribution is 6.06. The van der Waals surface area contributed by atoms with Crippen molar-refractivity contribution in [2.24, 2.45) is 0 Å². The molecular weight excluding hydrogens is 338 g/mol. The Balaban J connectivity index is 1.60. The predicted octanol–water partition coefficient (Wildman–Crippen LogP) is 3.94. The smallest absolute Gasteiger partial charge is 0.255 e. The van der Waals surface area contributed by atoms with E-state index in [9.17, 15) is 4.79 Å². The molecule has 27 heavy (non-hydrogen) atoms. The number of carbonyl (C=O) groups excluding carboxylic acids is 1. The van der Waals surface area contributed by atoms with E-state index in [1.54, 1.807) is 36.7 Å². The summed E-state index contributed by atoms with van der Waals surface area (Å²) in [6.45, 7) is 0. The molecule has 2 heterocycles. The molecule has 134 valence electrons. The van der Waals surface area contributed by atoms with Crippen LogP contribution in [0.5, 0.6) is 0 Å². The van der Waals surface area contributed by atoms with Crippen molar-refractivity contribution in [1.29, 1.82) is 0 Å². The van der Waals surface area contributed by atoms with E-state index in [0.717, 1.165) is 28.1 Å². The lowest BCUT2D eigenvalue weighted by atomic mass is 10.2. The predicted molar refractivity (Wildman–Crippen MR) is 108 cm³/mol. The fourth-order valence-electron chi connectivity index (χ4n) is 2.84. The Morgan fingerprint density at radius 2 is 1.74 bits per heavy atom. The molecule has 6 nitrogen and oxygen atoms in total. The minimum Gasteiger partial charge on any atom is -0.378 e. The van der Waals surface area contributed by atoms with E-state index in [0.29, 0.717) is 11.3 Å². The minimum absolute atomic E-state index is 0.178. The van der Waals surface area contributed by atoms with Crippen LogP contribution in [-0.4, -0.2) is 35.0 Å². The fraction of sp³-hybridized carbons (Fsp3) is 0.0952. The molecule has 2 aromatic carbocycles. The number of H-pyrrole nitrogens is 1. The summed E-state index contributed by atoms with van der Waals surface area (Å²) in [5.74, 6) is 0.602. The van der Waals surface area contributed by atoms with Gasteiger partial charge in [-0.05, 0) is 54.6 Å². The molecule has 0 fully saturated rings. The van der Waals surface area contributed by atoms with Crippen LogP contribution in [0, 0.1) is 0 Å². The molecule has 1 amide bonds. The lowest BCUT2D eigenvalue weighted by Gasteiger charge is -2.11. The van der Waals surface area contributed by atoms with Gasteiger partial charge in [-0.15, -0.1) is 0 Å². The lowest BCUT2D eigenvalue weighted by Crippen LogP contribution is -2.11. The Bertz CT molecular complexity index is 1080. The molecule has 0 saturated carbocycles. The van der Waals surface area contributed by atoms with Crippen molar-refractivity contribution in [3.63, 3.8) is 0 Å². The van der Waals surface area contributed by atoms with Crippen molar-refractivity contribution in [2.45, 2.75) is 0 Å². The van der Waals surface area contributed by atoms with Gasteiger partial charge in [-0.25, -0.2) is 4.98 Å². The summed E-state index contributed by atoms with van der Waals surface area (Å²) in [4.78, 5) is 26.4. The normalized spacial score (nSPS) is 10.7. The number of nitrogens with one attached hydrogen (secondary N) is 2. The highest BCUT2D eigenvalue weighted by Gasteiger charge is 2.10. The molecule has 0 aliphatic rings. The van der Waals surface area contributed by atoms with E-state index in [2.05, 4.69) is 37.3 Å². The van der Waals surface area contributed by atoms with E-state index >= 15 is 0 Å². The Kier molecular flexibility index (Phi) is 4.30. The monoisotopic (exact) mass is 357 g/mol. The molecule has 0 aliphatic heterocycles. The topological polar surface area (TPSA) is 73.9 Å². The molecule has 0 bridgehead atoms. The van der Waals surface area contributed by atoms with Crippen molar-refractivity contribution >= 4 is 28.3 Å². The third kappa shape index (κ3) is 3.50. The molecule has 0 radical (unpaired) electrons. The van der Waals surface area contributed by atoms with Gasteiger partial charge in [0.15, 0.2) is 0 Å². The average molecular weight is 357 g/mol. The van der Waals surface area contributed by atoms with Gasteiger partial charge in [0.2, 0.25) is 0 Å². The number of rotatable bonds is 4. The second-order valence-electron chi connectivity index (χ2n) is 6.45. The number of nitrogens with zero attached hydrogens (tertiary/aromatic N) is 3. The van der Waals surface area contributed by atoms with Crippen LogP contribution in [0.15, 0.2) is 67.0 Å². The largest absolute Gasteiger partial charge is 0.378 e. The van der Waals surface area contributed by atoms with Crippen LogP contribution >= 0.6 is 0 Å². The highest BCUT2D eigenvalue weighted by Crippen LogP contribution is 2.23. The highest BCUT2D eigenvalue weighted by atomic mass is 16.1. The second-order valence-corrected chi connectivity index (χ2v) is 6.45. The van der Waals surface area contributed by atoms with Gasteiger partial charge in [0.05, 0.1) is 11.0 Å². The maximum atomic E-state index is 12.5. The molecule has 0 atom stereocenters. The van der Waals surface area contributed by atoms with Crippen LogP contribution in [0.1, 0.15) is 10.4 Å². The van der Waals surface area contributed by atoms with Crippen molar-refractivity contribution in [1.82, 2.24) is 15.0 Å². The van der Waals surface area contributed by atoms with Crippen LogP contribution in [0.3, 0.4) is 0 Å². The standard InChI is InChI=1S/C21H19N5O/c1-26(2)17-6-3-14(4-7-17)20-24-18-8-5-15(13-19(18)25-20)21(27)23-16-9-11-22-12-10-16/h3-13H,1-2H3,(H,24,25)(H,22,23,27). The molecule has 2 N–H and O–H groups in total. The minimum atomic E-state index is -0.178. The first-order chi connectivity index (χ1) is 13.1. The summed E-state index contributed by atoms with van der Waals surface area (Å²) < 4.78 is 0. The first-order valence-corrected chi connectivity index (χ1v) is 8.59. The second kappa shape index (κ2) is 6.92. The van der Waals surface area contributed by atoms with E-state index in [4.69, 9.17) is 0 Å². The van der Waals surface area contributed by atoms with Gasteiger partial charge in [-0.3, -0.25) is 9.78 Å². The zero-order chi connectivity index (χ0) is 18.8. The fourth-order valence-corrected chi connectivity index (χ4v) is 2.84. The number of aromatic amines is 1. The summed E-state index contributed by atoms with van der Waals surface area (Å²) in [6.07, 6.45) is 3.28. The van der Waals surface area contributed by atoms with Gasteiger partial charge >= 0.3 is 0 Å². The van der Waals surface area contributed by atoms with Gasteiger partial charge in [0.25, 0.3) is 5.91 Å². The van der Waals surface area contributed by atoms with Gasteiger partial charge < -0.3 is 15.2 Å². The van der Waals surface area contributed by atoms with Crippen LogP contribution in [0.2, 0.25) is 0 Å². The molecule has 0 aliphatic carbocycles. The molecule has 0 unspecified atom stereocenters. The summed E-state index contributed by atoms with van der Waals surface area (Å²) in [5, 5.41) is 2.86. The molecule has 2 aromatic heterocycles. The molecule has 4 rings (SSSR count). The summed E-state index contributed by atoms with van der Waals surface area (Å²) >= 11 is 0. The van der Waals surface area contributed by atoms with Crippen LogP contribution < -0.4 is 10.2 Å². The Labute approximate surface area is 156 Å². The van der Waals surface area contributed by atoms with E-state index in [1.165, 1.54) is 0 Å². The molecule has 6 heteroatoms.